The first kappa shape index (κ1) is 14.9. The van der Waals surface area contributed by atoms with Crippen molar-refractivity contribution in [2.24, 2.45) is 5.92 Å². The molecule has 1 unspecified atom stereocenters. The molecule has 1 atom stereocenters. The minimum atomic E-state index is 0. The number of fused-ring (bicyclic) bond motifs is 1. The fraction of sp³-hybridized carbons (Fsp3) is 0.588. The molecule has 0 aromatic heterocycles. The molecule has 18 heavy (non-hydrogen) atoms. The van der Waals surface area contributed by atoms with E-state index < -0.39 is 0 Å². The molecule has 2 rings (SSSR count). The third kappa shape index (κ3) is 3.69. The molecule has 0 fully saturated rings. The van der Waals surface area contributed by atoms with Gasteiger partial charge in [-0.1, -0.05) is 51.5 Å². The van der Waals surface area contributed by atoms with Gasteiger partial charge in [0.25, 0.3) is 0 Å². The lowest BCUT2D eigenvalue weighted by Crippen LogP contribution is -2.22. The van der Waals surface area contributed by atoms with Crippen LogP contribution in [0.5, 0.6) is 0 Å². The number of hydrogen-bond acceptors (Lipinski definition) is 1. The summed E-state index contributed by atoms with van der Waals surface area (Å²) in [7, 11) is 0. The van der Waals surface area contributed by atoms with Crippen LogP contribution in [0, 0.1) is 5.92 Å². The zero-order chi connectivity index (χ0) is 12.1. The quantitative estimate of drug-likeness (QED) is 0.683. The Kier molecular flexibility index (Phi) is 6.11. The smallest absolute Gasteiger partial charge is 0.136 e. The van der Waals surface area contributed by atoms with Gasteiger partial charge >= 0.3 is 0 Å². The van der Waals surface area contributed by atoms with E-state index in [0.29, 0.717) is 11.7 Å². The summed E-state index contributed by atoms with van der Waals surface area (Å²) in [5, 5.41) is 0. The van der Waals surface area contributed by atoms with Crippen molar-refractivity contribution in [3.05, 3.63) is 35.4 Å². The predicted octanol–water partition coefficient (Wildman–Crippen LogP) is 4.82. The van der Waals surface area contributed by atoms with E-state index in [1.807, 2.05) is 0 Å². The maximum absolute atomic E-state index is 12.1. The van der Waals surface area contributed by atoms with Crippen LogP contribution >= 0.6 is 0 Å². The Morgan fingerprint density at radius 3 is 2.72 bits per heavy atom. The van der Waals surface area contributed by atoms with Crippen molar-refractivity contribution in [3.8, 4) is 0 Å². The van der Waals surface area contributed by atoms with E-state index in [1.165, 1.54) is 24.0 Å². The van der Waals surface area contributed by atoms with Crippen LogP contribution in [-0.4, -0.2) is 5.78 Å². The number of benzene rings is 1. The van der Waals surface area contributed by atoms with Gasteiger partial charge < -0.3 is 0 Å². The summed E-state index contributed by atoms with van der Waals surface area (Å²) in [5.41, 5.74) is 2.85. The minimum absolute atomic E-state index is 0. The highest BCUT2D eigenvalue weighted by atomic mass is 16.1. The maximum atomic E-state index is 12.1. The second-order valence-electron chi connectivity index (χ2n) is 5.13. The van der Waals surface area contributed by atoms with Gasteiger partial charge in [-0.25, -0.2) is 0 Å². The first-order chi connectivity index (χ1) is 8.31. The summed E-state index contributed by atoms with van der Waals surface area (Å²) in [6.45, 7) is 2.18. The highest BCUT2D eigenvalue weighted by molar-refractivity contribution is 5.81. The third-order valence-electron chi connectivity index (χ3n) is 3.83. The van der Waals surface area contributed by atoms with Crippen LogP contribution in [0.1, 0.15) is 59.0 Å². The highest BCUT2D eigenvalue weighted by Crippen LogP contribution is 2.27. The van der Waals surface area contributed by atoms with Gasteiger partial charge in [0, 0.05) is 13.8 Å². The van der Waals surface area contributed by atoms with E-state index in [9.17, 15) is 4.79 Å². The number of rotatable bonds is 5. The van der Waals surface area contributed by atoms with Crippen LogP contribution in [-0.2, 0) is 17.6 Å². The van der Waals surface area contributed by atoms with E-state index in [2.05, 4.69) is 31.2 Å². The molecule has 0 amide bonds. The Morgan fingerprint density at radius 2 is 2.00 bits per heavy atom. The van der Waals surface area contributed by atoms with Crippen LogP contribution in [0.15, 0.2) is 24.3 Å². The molecule has 1 heteroatoms. The van der Waals surface area contributed by atoms with Gasteiger partial charge in [0.1, 0.15) is 5.78 Å². The average molecular weight is 248 g/mol. The number of unbranched alkanes of at least 4 members (excludes halogenated alkanes) is 2. The Bertz CT molecular complexity index is 387. The van der Waals surface area contributed by atoms with Gasteiger partial charge in [-0.15, -0.1) is 0 Å². The maximum Gasteiger partial charge on any atom is 0.136 e. The molecule has 1 aromatic carbocycles. The van der Waals surface area contributed by atoms with Crippen molar-refractivity contribution in [3.63, 3.8) is 0 Å². The van der Waals surface area contributed by atoms with Gasteiger partial charge in [-0.3, -0.25) is 4.79 Å². The van der Waals surface area contributed by atoms with Crippen LogP contribution in [0.3, 0.4) is 0 Å². The van der Waals surface area contributed by atoms with Gasteiger partial charge in [0.2, 0.25) is 0 Å². The normalized spacial score (nSPS) is 17.7. The summed E-state index contributed by atoms with van der Waals surface area (Å²) >= 11 is 0. The number of carbonyl (C=O) groups excluding carboxylic acids is 1. The lowest BCUT2D eigenvalue weighted by atomic mass is 9.80. The monoisotopic (exact) mass is 248 g/mol. The molecule has 102 valence electrons. The van der Waals surface area contributed by atoms with Crippen molar-refractivity contribution in [2.45, 2.75) is 59.3 Å². The fourth-order valence-electron chi connectivity index (χ4n) is 2.73. The molecular formula is C17H28O. The number of Topliss-reactive ketones (excluding diaryl/α,β-unsaturated/α-hetero) is 1. The zero-order valence-electron chi connectivity index (χ0n) is 10.7. The topological polar surface area (TPSA) is 17.1 Å². The van der Waals surface area contributed by atoms with E-state index in [-0.39, 0.29) is 8.85 Å². The van der Waals surface area contributed by atoms with Gasteiger partial charge in [-0.2, -0.15) is 0 Å². The molecule has 1 aliphatic rings. The zero-order valence-corrected chi connectivity index (χ0v) is 10.7. The van der Waals surface area contributed by atoms with Gasteiger partial charge in [-0.05, 0) is 36.8 Å². The molecule has 1 aliphatic carbocycles. The third-order valence-corrected chi connectivity index (χ3v) is 3.83. The average Bonchev–Trinajstić information content (AvgIpc) is 2.38. The van der Waals surface area contributed by atoms with Gasteiger partial charge in [0.15, 0.2) is 0 Å². The molecule has 0 heterocycles. The highest BCUT2D eigenvalue weighted by Gasteiger charge is 2.23. The Hall–Kier alpha value is -1.11. The first-order valence-electron chi connectivity index (χ1n) is 6.90. The molecule has 1 nitrogen and oxygen atoms in total. The molecule has 0 spiro atoms. The fourth-order valence-corrected chi connectivity index (χ4v) is 2.73. The number of ketones is 1. The molecule has 0 saturated heterocycles. The predicted molar refractivity (Wildman–Crippen MR) is 80.0 cm³/mol. The van der Waals surface area contributed by atoms with Gasteiger partial charge in [0.05, 0.1) is 0 Å². The van der Waals surface area contributed by atoms with Crippen molar-refractivity contribution < 1.29 is 6.22 Å². The van der Waals surface area contributed by atoms with Crippen molar-refractivity contribution in [2.75, 3.05) is 0 Å². The number of aryl methyl sites for hydroxylation is 1. The Balaban J connectivity index is 0.00000162. The van der Waals surface area contributed by atoms with Crippen molar-refractivity contribution >= 4 is 5.78 Å². The molecule has 1 aromatic rings. The molecule has 0 bridgehead atoms. The second kappa shape index (κ2) is 7.35. The summed E-state index contributed by atoms with van der Waals surface area (Å²) in [5.74, 6) is 0.787. The molecule has 0 saturated carbocycles. The summed E-state index contributed by atoms with van der Waals surface area (Å²) < 4.78 is 0. The SMILES string of the molecule is C.CCCCCC(=O)C1CCc2ccccc2C1.[HH]. The minimum Gasteiger partial charge on any atom is -0.299 e. The second-order valence-corrected chi connectivity index (χ2v) is 5.13. The van der Waals surface area contributed by atoms with E-state index in [0.717, 1.165) is 32.1 Å². The first-order valence-corrected chi connectivity index (χ1v) is 6.90. The van der Waals surface area contributed by atoms with Crippen LogP contribution < -0.4 is 0 Å². The molecule has 0 N–H and O–H groups in total. The summed E-state index contributed by atoms with van der Waals surface area (Å²) in [6.07, 6.45) is 7.37. The molecular weight excluding hydrogens is 220 g/mol. The Morgan fingerprint density at radius 1 is 1.28 bits per heavy atom. The molecule has 0 aliphatic heterocycles. The summed E-state index contributed by atoms with van der Waals surface area (Å²) in [6, 6.07) is 8.57. The van der Waals surface area contributed by atoms with Crippen LogP contribution in [0.25, 0.3) is 0 Å². The lowest BCUT2D eigenvalue weighted by Gasteiger charge is -2.23. The van der Waals surface area contributed by atoms with E-state index >= 15 is 0 Å². The van der Waals surface area contributed by atoms with Crippen molar-refractivity contribution in [1.29, 1.82) is 0 Å². The number of carbonyl (C=O) groups is 1. The standard InChI is InChI=1S/C16H22O.CH4.H2/c1-2-3-4-9-16(17)15-11-10-13-7-5-6-8-14(13)12-15;;/h5-8,15H,2-4,9-12H2,1H3;1H4;1H. The lowest BCUT2D eigenvalue weighted by molar-refractivity contribution is -0.123. The largest absolute Gasteiger partial charge is 0.299 e. The molecule has 0 radical (unpaired) electrons. The van der Waals surface area contributed by atoms with E-state index in [1.54, 1.807) is 0 Å². The van der Waals surface area contributed by atoms with Crippen LogP contribution in [0.2, 0.25) is 0 Å². The number of hydrogen-bond donors (Lipinski definition) is 0. The van der Waals surface area contributed by atoms with E-state index in [4.69, 9.17) is 0 Å². The Labute approximate surface area is 113 Å². The van der Waals surface area contributed by atoms with Crippen molar-refractivity contribution in [1.82, 2.24) is 0 Å². The summed E-state index contributed by atoms with van der Waals surface area (Å²) in [4.78, 5) is 12.1. The van der Waals surface area contributed by atoms with Crippen LogP contribution in [0.4, 0.5) is 0 Å².